The van der Waals surface area contributed by atoms with Gasteiger partial charge in [-0.1, -0.05) is 12.1 Å². The van der Waals surface area contributed by atoms with E-state index in [0.717, 1.165) is 10.2 Å². The van der Waals surface area contributed by atoms with Gasteiger partial charge in [0.2, 0.25) is 5.91 Å². The fourth-order valence-corrected chi connectivity index (χ4v) is 3.28. The summed E-state index contributed by atoms with van der Waals surface area (Å²) < 4.78 is 11.4. The Morgan fingerprint density at radius 1 is 1.27 bits per heavy atom. The Morgan fingerprint density at radius 3 is 2.73 bits per heavy atom. The molecule has 1 amide bonds. The Bertz CT molecular complexity index is 907. The minimum atomic E-state index is -0.574. The van der Waals surface area contributed by atoms with Crippen LogP contribution < -0.4 is 14.4 Å². The number of methoxy groups -OCH3 is 1. The largest absolute Gasteiger partial charge is 0.493 e. The fourth-order valence-electron chi connectivity index (χ4n) is 2.78. The molecule has 1 heterocycles. The minimum Gasteiger partial charge on any atom is -0.493 e. The van der Waals surface area contributed by atoms with Crippen molar-refractivity contribution in [3.63, 3.8) is 0 Å². The maximum absolute atomic E-state index is 12.5. The van der Waals surface area contributed by atoms with Crippen molar-refractivity contribution in [1.82, 2.24) is 0 Å². The van der Waals surface area contributed by atoms with Crippen LogP contribution in [-0.4, -0.2) is 25.5 Å². The number of nitriles is 1. The topological polar surface area (TPSA) is 79.6 Å². The fraction of sp³-hybridized carbons (Fsp3) is 0.211. The Kier molecular flexibility index (Phi) is 5.24. The molecular weight excluding hydrogens is 400 g/mol. The van der Waals surface area contributed by atoms with Crippen LogP contribution in [0.2, 0.25) is 0 Å². The summed E-state index contributed by atoms with van der Waals surface area (Å²) in [5, 5.41) is 8.93. The first-order chi connectivity index (χ1) is 12.5. The molecule has 0 aromatic heterocycles. The summed E-state index contributed by atoms with van der Waals surface area (Å²) >= 11 is 3.42. The van der Waals surface area contributed by atoms with E-state index < -0.39 is 11.9 Å². The molecular formula is C19H15BrN2O4. The van der Waals surface area contributed by atoms with Crippen molar-refractivity contribution in [3.05, 3.63) is 52.5 Å². The molecule has 7 heteroatoms. The Labute approximate surface area is 159 Å². The molecule has 1 aliphatic rings. The van der Waals surface area contributed by atoms with Crippen molar-refractivity contribution in [2.45, 2.75) is 6.42 Å². The number of amides is 1. The highest BCUT2D eigenvalue weighted by atomic mass is 79.9. The monoisotopic (exact) mass is 414 g/mol. The van der Waals surface area contributed by atoms with Gasteiger partial charge in [0.05, 0.1) is 30.3 Å². The molecule has 1 saturated heterocycles. The summed E-state index contributed by atoms with van der Waals surface area (Å²) in [5.74, 6) is -0.691. The SMILES string of the molecule is COc1cc(C#N)ccc1OC(=O)C1CC(=O)N(c2ccccc2Br)C1. The molecule has 1 fully saturated rings. The van der Waals surface area contributed by atoms with Crippen LogP contribution in [0.5, 0.6) is 11.5 Å². The highest BCUT2D eigenvalue weighted by molar-refractivity contribution is 9.10. The van der Waals surface area contributed by atoms with Gasteiger partial charge in [0.25, 0.3) is 0 Å². The number of carbonyl (C=O) groups excluding carboxylic acids is 2. The van der Waals surface area contributed by atoms with Crippen LogP contribution in [0.15, 0.2) is 46.9 Å². The van der Waals surface area contributed by atoms with Crippen molar-refractivity contribution < 1.29 is 19.1 Å². The van der Waals surface area contributed by atoms with Crippen molar-refractivity contribution in [3.8, 4) is 17.6 Å². The molecule has 0 saturated carbocycles. The number of anilines is 1. The third kappa shape index (κ3) is 3.55. The number of rotatable bonds is 4. The number of benzene rings is 2. The van der Waals surface area contributed by atoms with Crippen molar-refractivity contribution in [2.75, 3.05) is 18.6 Å². The van der Waals surface area contributed by atoms with E-state index in [4.69, 9.17) is 14.7 Å². The Morgan fingerprint density at radius 2 is 2.04 bits per heavy atom. The number of para-hydroxylation sites is 1. The van der Waals surface area contributed by atoms with Gasteiger partial charge in [-0.15, -0.1) is 0 Å². The zero-order valence-electron chi connectivity index (χ0n) is 13.9. The molecule has 132 valence electrons. The second kappa shape index (κ2) is 7.58. The van der Waals surface area contributed by atoms with E-state index in [2.05, 4.69) is 15.9 Å². The average Bonchev–Trinajstić information content (AvgIpc) is 3.04. The van der Waals surface area contributed by atoms with E-state index in [9.17, 15) is 9.59 Å². The van der Waals surface area contributed by atoms with Crippen LogP contribution in [-0.2, 0) is 9.59 Å². The first kappa shape index (κ1) is 18.0. The maximum atomic E-state index is 12.5. The van der Waals surface area contributed by atoms with E-state index in [-0.39, 0.29) is 24.6 Å². The minimum absolute atomic E-state index is 0.0821. The summed E-state index contributed by atoms with van der Waals surface area (Å²) in [7, 11) is 1.43. The van der Waals surface area contributed by atoms with Crippen LogP contribution in [0.25, 0.3) is 0 Å². The van der Waals surface area contributed by atoms with Gasteiger partial charge in [0, 0.05) is 23.5 Å². The lowest BCUT2D eigenvalue weighted by Gasteiger charge is -2.18. The number of halogens is 1. The Balaban J connectivity index is 1.75. The van der Waals surface area contributed by atoms with Crippen molar-refractivity contribution >= 4 is 33.5 Å². The summed E-state index contributed by atoms with van der Waals surface area (Å²) in [6, 6.07) is 13.9. The smallest absolute Gasteiger partial charge is 0.316 e. The molecule has 1 atom stereocenters. The molecule has 26 heavy (non-hydrogen) atoms. The summed E-state index contributed by atoms with van der Waals surface area (Å²) in [6.07, 6.45) is 0.0821. The number of nitrogens with zero attached hydrogens (tertiary/aromatic N) is 2. The molecule has 2 aromatic rings. The predicted octanol–water partition coefficient (Wildman–Crippen LogP) is 3.29. The lowest BCUT2D eigenvalue weighted by Crippen LogP contribution is -2.27. The highest BCUT2D eigenvalue weighted by Gasteiger charge is 2.37. The third-order valence-corrected chi connectivity index (χ3v) is 4.78. The van der Waals surface area contributed by atoms with Gasteiger partial charge in [-0.3, -0.25) is 9.59 Å². The second-order valence-corrected chi connectivity index (χ2v) is 6.61. The maximum Gasteiger partial charge on any atom is 0.316 e. The molecule has 2 aromatic carbocycles. The number of carbonyl (C=O) groups is 2. The molecule has 0 N–H and O–H groups in total. The first-order valence-electron chi connectivity index (χ1n) is 7.88. The molecule has 0 radical (unpaired) electrons. The van der Waals surface area contributed by atoms with E-state index in [1.54, 1.807) is 4.90 Å². The van der Waals surface area contributed by atoms with Gasteiger partial charge in [0.1, 0.15) is 0 Å². The number of hydrogen-bond donors (Lipinski definition) is 0. The van der Waals surface area contributed by atoms with Crippen LogP contribution in [0.1, 0.15) is 12.0 Å². The molecule has 0 spiro atoms. The standard InChI is InChI=1S/C19H15BrN2O4/c1-25-17-8-12(10-21)6-7-16(17)26-19(24)13-9-18(23)22(11-13)15-5-3-2-4-14(15)20/h2-8,13H,9,11H2,1H3. The van der Waals surface area contributed by atoms with Crippen LogP contribution in [0.3, 0.4) is 0 Å². The zero-order chi connectivity index (χ0) is 18.7. The number of hydrogen-bond acceptors (Lipinski definition) is 5. The summed E-state index contributed by atoms with van der Waals surface area (Å²) in [4.78, 5) is 26.4. The predicted molar refractivity (Wildman–Crippen MR) is 97.9 cm³/mol. The lowest BCUT2D eigenvalue weighted by molar-refractivity contribution is -0.139. The quantitative estimate of drug-likeness (QED) is 0.566. The summed E-state index contributed by atoms with van der Waals surface area (Å²) in [6.45, 7) is 0.249. The van der Waals surface area contributed by atoms with E-state index in [0.29, 0.717) is 11.3 Å². The van der Waals surface area contributed by atoms with Crippen LogP contribution in [0, 0.1) is 17.2 Å². The van der Waals surface area contributed by atoms with Gasteiger partial charge < -0.3 is 14.4 Å². The van der Waals surface area contributed by atoms with E-state index >= 15 is 0 Å². The van der Waals surface area contributed by atoms with E-state index in [1.807, 2.05) is 30.3 Å². The number of ether oxygens (including phenoxy) is 2. The molecule has 1 aliphatic heterocycles. The highest BCUT2D eigenvalue weighted by Crippen LogP contribution is 2.33. The van der Waals surface area contributed by atoms with Gasteiger partial charge in [0.15, 0.2) is 11.5 Å². The van der Waals surface area contributed by atoms with Gasteiger partial charge >= 0.3 is 5.97 Å². The first-order valence-corrected chi connectivity index (χ1v) is 8.67. The van der Waals surface area contributed by atoms with Crippen molar-refractivity contribution in [1.29, 1.82) is 5.26 Å². The van der Waals surface area contributed by atoms with Crippen molar-refractivity contribution in [2.24, 2.45) is 5.92 Å². The Hall–Kier alpha value is -2.85. The van der Waals surface area contributed by atoms with Gasteiger partial charge in [-0.05, 0) is 40.2 Å². The normalized spacial score (nSPS) is 16.3. The van der Waals surface area contributed by atoms with Gasteiger partial charge in [-0.2, -0.15) is 5.26 Å². The van der Waals surface area contributed by atoms with Crippen LogP contribution >= 0.6 is 15.9 Å². The van der Waals surface area contributed by atoms with E-state index in [1.165, 1.54) is 25.3 Å². The second-order valence-electron chi connectivity index (χ2n) is 5.76. The summed E-state index contributed by atoms with van der Waals surface area (Å²) in [5.41, 5.74) is 1.13. The van der Waals surface area contributed by atoms with Crippen LogP contribution in [0.4, 0.5) is 5.69 Å². The molecule has 3 rings (SSSR count). The van der Waals surface area contributed by atoms with Gasteiger partial charge in [-0.25, -0.2) is 0 Å². The molecule has 1 unspecified atom stereocenters. The average molecular weight is 415 g/mol. The zero-order valence-corrected chi connectivity index (χ0v) is 15.5. The molecule has 6 nitrogen and oxygen atoms in total. The number of esters is 1. The molecule has 0 bridgehead atoms. The molecule has 0 aliphatic carbocycles. The lowest BCUT2D eigenvalue weighted by atomic mass is 10.1. The third-order valence-electron chi connectivity index (χ3n) is 4.10.